The number of rotatable bonds is 6. The van der Waals surface area contributed by atoms with Crippen LogP contribution in [-0.4, -0.2) is 82.8 Å². The number of hydrogen-bond acceptors (Lipinski definition) is 8. The molecule has 0 aliphatic carbocycles. The van der Waals surface area contributed by atoms with Crippen LogP contribution in [0.1, 0.15) is 34.8 Å². The number of nitrogens with zero attached hydrogens (tertiary/aromatic N) is 9. The van der Waals surface area contributed by atoms with Crippen molar-refractivity contribution >= 4 is 28.4 Å². The molecule has 1 atom stereocenters. The fourth-order valence-electron chi connectivity index (χ4n) is 5.03. The van der Waals surface area contributed by atoms with Crippen LogP contribution in [0.5, 0.6) is 0 Å². The van der Waals surface area contributed by atoms with Gasteiger partial charge in [0.2, 0.25) is 5.91 Å². The number of fused-ring (bicyclic) bond motifs is 1. The van der Waals surface area contributed by atoms with Crippen molar-refractivity contribution in [3.63, 3.8) is 0 Å². The number of aromatic nitrogens is 7. The number of aryl methyl sites for hydroxylation is 1. The Kier molecular flexibility index (Phi) is 6.74. The third-order valence-corrected chi connectivity index (χ3v) is 6.90. The zero-order valence-corrected chi connectivity index (χ0v) is 22.2. The van der Waals surface area contributed by atoms with Crippen LogP contribution in [0.3, 0.4) is 0 Å². The third-order valence-electron chi connectivity index (χ3n) is 6.90. The first-order valence-corrected chi connectivity index (χ1v) is 13.0. The second-order valence-corrected chi connectivity index (χ2v) is 9.71. The Labute approximate surface area is 230 Å². The zero-order valence-electron chi connectivity index (χ0n) is 22.2. The van der Waals surface area contributed by atoms with Gasteiger partial charge in [0, 0.05) is 56.6 Å². The Morgan fingerprint density at radius 2 is 1.75 bits per heavy atom. The average molecular weight is 537 g/mol. The Morgan fingerprint density at radius 3 is 2.48 bits per heavy atom. The maximum Gasteiger partial charge on any atom is 0.272 e. The summed E-state index contributed by atoms with van der Waals surface area (Å²) in [5.41, 5.74) is 3.65. The number of amides is 2. The molecule has 0 saturated carbocycles. The van der Waals surface area contributed by atoms with Gasteiger partial charge in [-0.3, -0.25) is 19.5 Å². The van der Waals surface area contributed by atoms with Crippen LogP contribution < -0.4 is 5.32 Å². The molecule has 0 radical (unpaired) electrons. The number of pyridine rings is 1. The number of hydrogen-bond donors (Lipinski definition) is 1. The van der Waals surface area contributed by atoms with Crippen LogP contribution in [0, 0.1) is 0 Å². The highest BCUT2D eigenvalue weighted by Gasteiger charge is 2.31. The van der Waals surface area contributed by atoms with E-state index in [2.05, 4.69) is 47.8 Å². The summed E-state index contributed by atoms with van der Waals surface area (Å²) in [5, 5.41) is 21.1. The molecule has 6 rings (SSSR count). The largest absolute Gasteiger partial charge is 0.335 e. The van der Waals surface area contributed by atoms with E-state index in [1.165, 1.54) is 11.7 Å². The summed E-state index contributed by atoms with van der Waals surface area (Å²) < 4.78 is 1.72. The number of piperazine rings is 1. The predicted molar refractivity (Wildman–Crippen MR) is 148 cm³/mol. The number of anilines is 1. The van der Waals surface area contributed by atoms with E-state index in [1.54, 1.807) is 24.0 Å². The van der Waals surface area contributed by atoms with Gasteiger partial charge in [0.05, 0.1) is 24.3 Å². The number of tetrazole rings is 1. The quantitative estimate of drug-likeness (QED) is 0.351. The van der Waals surface area contributed by atoms with Gasteiger partial charge in [0.1, 0.15) is 5.69 Å². The summed E-state index contributed by atoms with van der Waals surface area (Å²) in [6.07, 6.45) is 3.49. The fraction of sp³-hybridized carbons (Fsp3) is 0.250. The first-order chi connectivity index (χ1) is 19.4. The van der Waals surface area contributed by atoms with Gasteiger partial charge in [-0.05, 0) is 41.1 Å². The zero-order chi connectivity index (χ0) is 27.6. The van der Waals surface area contributed by atoms with Crippen molar-refractivity contribution in [1.29, 1.82) is 0 Å². The fourth-order valence-corrected chi connectivity index (χ4v) is 5.03. The Balaban J connectivity index is 1.18. The Bertz CT molecular complexity index is 1670. The molecule has 0 spiro atoms. The van der Waals surface area contributed by atoms with E-state index in [9.17, 15) is 9.59 Å². The Morgan fingerprint density at radius 1 is 0.950 bits per heavy atom. The van der Waals surface area contributed by atoms with Gasteiger partial charge in [-0.2, -0.15) is 9.90 Å². The normalized spacial score (nSPS) is 14.8. The van der Waals surface area contributed by atoms with E-state index >= 15 is 0 Å². The van der Waals surface area contributed by atoms with Gasteiger partial charge in [0.15, 0.2) is 5.82 Å². The summed E-state index contributed by atoms with van der Waals surface area (Å²) in [5.74, 6) is 0.379. The number of nitrogens with one attached hydrogen (secondary N) is 1. The lowest BCUT2D eigenvalue weighted by molar-refractivity contribution is -0.114. The summed E-state index contributed by atoms with van der Waals surface area (Å²) in [6, 6.07) is 19.1. The maximum absolute atomic E-state index is 13.5. The number of benzene rings is 2. The molecule has 1 fully saturated rings. The van der Waals surface area contributed by atoms with Gasteiger partial charge < -0.3 is 10.2 Å². The number of carbonyl (C=O) groups is 2. The molecule has 0 bridgehead atoms. The van der Waals surface area contributed by atoms with Crippen molar-refractivity contribution in [3.05, 3.63) is 90.1 Å². The van der Waals surface area contributed by atoms with E-state index in [4.69, 9.17) is 0 Å². The summed E-state index contributed by atoms with van der Waals surface area (Å²) >= 11 is 0. The highest BCUT2D eigenvalue weighted by molar-refractivity contribution is 5.93. The minimum Gasteiger partial charge on any atom is -0.335 e. The summed E-state index contributed by atoms with van der Waals surface area (Å²) in [4.78, 5) is 34.8. The molecule has 12 heteroatoms. The van der Waals surface area contributed by atoms with Crippen LogP contribution in [0.15, 0.2) is 73.1 Å². The molecule has 2 amide bonds. The standard InChI is InChI=1S/C28H28N10O2/c1-19(39)30-22-8-9-24-21(16-22)18-38(32-24)23-10-11-29-25(17-23)28(40)37-14-12-36(13-15-37)26(20-6-4-3-5-7-20)27-31-34-35(2)33-27/h3-11,16-18,26H,12-15H2,1-2H3,(H,30,39). The van der Waals surface area contributed by atoms with E-state index in [1.807, 2.05) is 53.6 Å². The van der Waals surface area contributed by atoms with Gasteiger partial charge in [0.25, 0.3) is 5.91 Å². The molecule has 3 aromatic heterocycles. The van der Waals surface area contributed by atoms with Crippen molar-refractivity contribution in [2.45, 2.75) is 13.0 Å². The molecule has 4 heterocycles. The monoisotopic (exact) mass is 536 g/mol. The van der Waals surface area contributed by atoms with Crippen LogP contribution >= 0.6 is 0 Å². The van der Waals surface area contributed by atoms with Crippen LogP contribution in [-0.2, 0) is 11.8 Å². The lowest BCUT2D eigenvalue weighted by Crippen LogP contribution is -2.50. The molecule has 40 heavy (non-hydrogen) atoms. The van der Waals surface area contributed by atoms with Crippen LogP contribution in [0.2, 0.25) is 0 Å². The number of carbonyl (C=O) groups excluding carboxylic acids is 2. The minimum absolute atomic E-state index is 0.125. The van der Waals surface area contributed by atoms with Crippen molar-refractivity contribution in [1.82, 2.24) is 44.8 Å². The molecular weight excluding hydrogens is 508 g/mol. The molecular formula is C28H28N10O2. The summed E-state index contributed by atoms with van der Waals surface area (Å²) in [7, 11) is 1.76. The molecule has 1 aliphatic heterocycles. The lowest BCUT2D eigenvalue weighted by Gasteiger charge is -2.38. The molecule has 1 unspecified atom stereocenters. The average Bonchev–Trinajstić information content (AvgIpc) is 3.59. The highest BCUT2D eigenvalue weighted by atomic mass is 16.2. The topological polar surface area (TPSA) is 127 Å². The minimum atomic E-state index is -0.145. The van der Waals surface area contributed by atoms with Crippen LogP contribution in [0.25, 0.3) is 16.6 Å². The second-order valence-electron chi connectivity index (χ2n) is 9.71. The van der Waals surface area contributed by atoms with Gasteiger partial charge >= 0.3 is 0 Å². The first kappa shape index (κ1) is 25.3. The molecule has 2 aromatic carbocycles. The molecule has 1 N–H and O–H groups in total. The molecule has 202 valence electrons. The van der Waals surface area contributed by atoms with Gasteiger partial charge in [-0.15, -0.1) is 10.2 Å². The van der Waals surface area contributed by atoms with Crippen LogP contribution in [0.4, 0.5) is 5.69 Å². The van der Waals surface area contributed by atoms with Crippen molar-refractivity contribution in [2.75, 3.05) is 31.5 Å². The third kappa shape index (κ3) is 5.16. The summed E-state index contributed by atoms with van der Waals surface area (Å²) in [6.45, 7) is 3.88. The SMILES string of the molecule is CC(=O)Nc1ccc2nn(-c3ccnc(C(=O)N4CCN(C(c5ccccc5)c5nnn(C)n5)CC4)c3)cc2c1. The second kappa shape index (κ2) is 10.7. The maximum atomic E-state index is 13.5. The first-order valence-electron chi connectivity index (χ1n) is 13.0. The highest BCUT2D eigenvalue weighted by Crippen LogP contribution is 2.27. The van der Waals surface area contributed by atoms with Gasteiger partial charge in [-0.25, -0.2) is 4.68 Å². The molecule has 5 aromatic rings. The van der Waals surface area contributed by atoms with Crippen molar-refractivity contribution in [2.24, 2.45) is 7.05 Å². The molecule has 1 aliphatic rings. The van der Waals surface area contributed by atoms with E-state index in [-0.39, 0.29) is 17.9 Å². The van der Waals surface area contributed by atoms with E-state index in [0.717, 1.165) is 22.2 Å². The van der Waals surface area contributed by atoms with E-state index in [0.29, 0.717) is 43.4 Å². The van der Waals surface area contributed by atoms with Crippen molar-refractivity contribution < 1.29 is 9.59 Å². The predicted octanol–water partition coefficient (Wildman–Crippen LogP) is 2.45. The smallest absolute Gasteiger partial charge is 0.272 e. The van der Waals surface area contributed by atoms with E-state index < -0.39 is 0 Å². The lowest BCUT2D eigenvalue weighted by atomic mass is 10.0. The van der Waals surface area contributed by atoms with Gasteiger partial charge in [-0.1, -0.05) is 30.3 Å². The molecule has 1 saturated heterocycles. The van der Waals surface area contributed by atoms with Crippen molar-refractivity contribution in [3.8, 4) is 5.69 Å². The molecule has 12 nitrogen and oxygen atoms in total. The Hall–Kier alpha value is -4.97.